The van der Waals surface area contributed by atoms with Gasteiger partial charge in [-0.05, 0) is 46.1 Å². The summed E-state index contributed by atoms with van der Waals surface area (Å²) in [6.45, 7) is 3.89. The minimum absolute atomic E-state index is 0. The maximum absolute atomic E-state index is 8.82. The van der Waals surface area contributed by atoms with Crippen molar-refractivity contribution < 1.29 is 14.6 Å². The van der Waals surface area contributed by atoms with Gasteiger partial charge in [0.25, 0.3) is 0 Å². The van der Waals surface area contributed by atoms with Gasteiger partial charge in [0.1, 0.15) is 6.61 Å². The number of aliphatic hydroxyl groups excluding tert-OH is 1. The second-order valence-electron chi connectivity index (χ2n) is 5.28. The molecule has 0 saturated heterocycles. The summed E-state index contributed by atoms with van der Waals surface area (Å²) in [7, 11) is 1.63. The molecule has 0 aromatic heterocycles. The predicted molar refractivity (Wildman–Crippen MR) is 102 cm³/mol. The van der Waals surface area contributed by atoms with Gasteiger partial charge in [0.2, 0.25) is 0 Å². The van der Waals surface area contributed by atoms with Crippen LogP contribution in [0.1, 0.15) is 16.7 Å². The van der Waals surface area contributed by atoms with Gasteiger partial charge >= 0.3 is 0 Å². The Labute approximate surface area is 157 Å². The van der Waals surface area contributed by atoms with E-state index >= 15 is 0 Å². The fraction of sp³-hybridized carbons (Fsp3) is 0.333. The van der Waals surface area contributed by atoms with Gasteiger partial charge in [-0.25, -0.2) is 0 Å². The molecule has 24 heavy (non-hydrogen) atoms. The van der Waals surface area contributed by atoms with Crippen LogP contribution in [0, 0.1) is 6.92 Å². The summed E-state index contributed by atoms with van der Waals surface area (Å²) in [6, 6.07) is 12.2. The van der Waals surface area contributed by atoms with E-state index in [1.807, 2.05) is 12.1 Å². The first-order valence-corrected chi connectivity index (χ1v) is 8.29. The molecule has 0 unspecified atom stereocenters. The maximum Gasteiger partial charge on any atom is 0.175 e. The minimum Gasteiger partial charge on any atom is -0.493 e. The Balaban J connectivity index is 0.00000288. The van der Waals surface area contributed by atoms with Crippen molar-refractivity contribution >= 4 is 28.3 Å². The number of hydrogen-bond acceptors (Lipinski definition) is 4. The summed E-state index contributed by atoms with van der Waals surface area (Å²) < 4.78 is 12.2. The summed E-state index contributed by atoms with van der Waals surface area (Å²) in [6.07, 6.45) is 0. The lowest BCUT2D eigenvalue weighted by Crippen LogP contribution is -2.17. The second-order valence-corrected chi connectivity index (χ2v) is 6.14. The SMILES string of the molecule is COc1cc(CNCCO)cc(Br)c1OCc1ccc(C)cc1.Cl. The number of hydrogen-bond donors (Lipinski definition) is 2. The largest absolute Gasteiger partial charge is 0.493 e. The van der Waals surface area contributed by atoms with Crippen LogP contribution in [0.2, 0.25) is 0 Å². The van der Waals surface area contributed by atoms with Crippen LogP contribution in [0.5, 0.6) is 11.5 Å². The quantitative estimate of drug-likeness (QED) is 0.642. The van der Waals surface area contributed by atoms with E-state index in [0.29, 0.717) is 31.2 Å². The number of benzene rings is 2. The summed E-state index contributed by atoms with van der Waals surface area (Å²) >= 11 is 3.55. The highest BCUT2D eigenvalue weighted by molar-refractivity contribution is 9.10. The Bertz CT molecular complexity index is 635. The van der Waals surface area contributed by atoms with Crippen molar-refractivity contribution in [3.63, 3.8) is 0 Å². The van der Waals surface area contributed by atoms with Crippen molar-refractivity contribution in [1.82, 2.24) is 5.32 Å². The van der Waals surface area contributed by atoms with Gasteiger partial charge in [-0.3, -0.25) is 0 Å². The summed E-state index contributed by atoms with van der Waals surface area (Å²) in [5.74, 6) is 1.38. The zero-order valence-electron chi connectivity index (χ0n) is 13.8. The van der Waals surface area contributed by atoms with Crippen LogP contribution in [0.15, 0.2) is 40.9 Å². The van der Waals surface area contributed by atoms with Crippen molar-refractivity contribution in [1.29, 1.82) is 0 Å². The van der Waals surface area contributed by atoms with Crippen LogP contribution in [0.25, 0.3) is 0 Å². The Morgan fingerprint density at radius 1 is 1.12 bits per heavy atom. The fourth-order valence-corrected chi connectivity index (χ4v) is 2.77. The van der Waals surface area contributed by atoms with Crippen LogP contribution in [-0.2, 0) is 13.2 Å². The number of rotatable bonds is 8. The second kappa shape index (κ2) is 10.6. The zero-order valence-corrected chi connectivity index (χ0v) is 16.2. The van der Waals surface area contributed by atoms with E-state index in [1.165, 1.54) is 5.56 Å². The smallest absolute Gasteiger partial charge is 0.175 e. The highest BCUT2D eigenvalue weighted by atomic mass is 79.9. The third-order valence-corrected chi connectivity index (χ3v) is 4.00. The molecular weight excluding hydrogens is 394 g/mol. The first-order chi connectivity index (χ1) is 11.1. The van der Waals surface area contributed by atoms with Crippen molar-refractivity contribution in [3.8, 4) is 11.5 Å². The van der Waals surface area contributed by atoms with Crippen molar-refractivity contribution in [2.75, 3.05) is 20.3 Å². The number of nitrogens with one attached hydrogen (secondary N) is 1. The fourth-order valence-electron chi connectivity index (χ4n) is 2.17. The lowest BCUT2D eigenvalue weighted by molar-refractivity contribution is 0.282. The number of ether oxygens (including phenoxy) is 2. The predicted octanol–water partition coefficient (Wildman–Crippen LogP) is 3.85. The van der Waals surface area contributed by atoms with Crippen molar-refractivity contribution in [2.24, 2.45) is 0 Å². The third-order valence-electron chi connectivity index (χ3n) is 3.41. The Kier molecular flexibility index (Phi) is 9.14. The number of aliphatic hydroxyl groups is 1. The monoisotopic (exact) mass is 415 g/mol. The van der Waals surface area contributed by atoms with E-state index in [1.54, 1.807) is 7.11 Å². The molecule has 0 aliphatic heterocycles. The molecule has 2 aromatic rings. The van der Waals surface area contributed by atoms with Gasteiger partial charge in [0.05, 0.1) is 18.2 Å². The molecule has 4 nitrogen and oxygen atoms in total. The first-order valence-electron chi connectivity index (χ1n) is 7.50. The first kappa shape index (κ1) is 20.8. The van der Waals surface area contributed by atoms with Gasteiger partial charge in [-0.1, -0.05) is 29.8 Å². The van der Waals surface area contributed by atoms with Gasteiger partial charge < -0.3 is 19.9 Å². The lowest BCUT2D eigenvalue weighted by Gasteiger charge is -2.15. The van der Waals surface area contributed by atoms with Crippen molar-refractivity contribution in [2.45, 2.75) is 20.1 Å². The van der Waals surface area contributed by atoms with E-state index in [9.17, 15) is 0 Å². The normalized spacial score (nSPS) is 10.2. The van der Waals surface area contributed by atoms with Gasteiger partial charge in [-0.15, -0.1) is 12.4 Å². The number of methoxy groups -OCH3 is 1. The van der Waals surface area contributed by atoms with E-state index in [2.05, 4.69) is 52.4 Å². The van der Waals surface area contributed by atoms with E-state index < -0.39 is 0 Å². The molecule has 2 aromatic carbocycles. The average Bonchev–Trinajstić information content (AvgIpc) is 2.55. The third kappa shape index (κ3) is 5.98. The summed E-state index contributed by atoms with van der Waals surface area (Å²) in [5, 5.41) is 12.0. The molecule has 0 amide bonds. The van der Waals surface area contributed by atoms with Gasteiger partial charge in [0.15, 0.2) is 11.5 Å². The Morgan fingerprint density at radius 2 is 1.83 bits per heavy atom. The standard InChI is InChI=1S/C18H22BrNO3.ClH/c1-13-3-5-14(6-4-13)12-23-18-16(19)9-15(10-17(18)22-2)11-20-7-8-21;/h3-6,9-10,20-21H,7-8,11-12H2,1-2H3;1H. The Hall–Kier alpha value is -1.27. The summed E-state index contributed by atoms with van der Waals surface area (Å²) in [4.78, 5) is 0. The number of aryl methyl sites for hydroxylation is 1. The molecule has 0 aliphatic carbocycles. The molecule has 0 fully saturated rings. The van der Waals surface area contributed by atoms with Crippen LogP contribution in [-0.4, -0.2) is 25.4 Å². The molecule has 0 spiro atoms. The zero-order chi connectivity index (χ0) is 16.7. The molecule has 0 aliphatic rings. The van der Waals surface area contributed by atoms with Crippen LogP contribution >= 0.6 is 28.3 Å². The molecule has 6 heteroatoms. The molecule has 2 N–H and O–H groups in total. The lowest BCUT2D eigenvalue weighted by atomic mass is 10.1. The van der Waals surface area contributed by atoms with Crippen LogP contribution in [0.4, 0.5) is 0 Å². The Morgan fingerprint density at radius 3 is 2.46 bits per heavy atom. The molecule has 0 bridgehead atoms. The van der Waals surface area contributed by atoms with Crippen LogP contribution < -0.4 is 14.8 Å². The van der Waals surface area contributed by atoms with E-state index in [-0.39, 0.29) is 19.0 Å². The van der Waals surface area contributed by atoms with Crippen molar-refractivity contribution in [3.05, 3.63) is 57.6 Å². The molecule has 0 heterocycles. The molecular formula is C18H23BrClNO3. The highest BCUT2D eigenvalue weighted by Crippen LogP contribution is 2.37. The topological polar surface area (TPSA) is 50.7 Å². The molecule has 0 atom stereocenters. The summed E-state index contributed by atoms with van der Waals surface area (Å²) in [5.41, 5.74) is 3.40. The number of halogens is 2. The van der Waals surface area contributed by atoms with E-state index in [4.69, 9.17) is 14.6 Å². The minimum atomic E-state index is 0. The highest BCUT2D eigenvalue weighted by Gasteiger charge is 2.12. The average molecular weight is 417 g/mol. The van der Waals surface area contributed by atoms with Gasteiger partial charge in [0, 0.05) is 13.1 Å². The maximum atomic E-state index is 8.82. The molecule has 132 valence electrons. The molecule has 2 rings (SSSR count). The molecule has 0 saturated carbocycles. The van der Waals surface area contributed by atoms with E-state index in [0.717, 1.165) is 15.6 Å². The molecule has 0 radical (unpaired) electrons. The van der Waals surface area contributed by atoms with Crippen LogP contribution in [0.3, 0.4) is 0 Å². The van der Waals surface area contributed by atoms with Gasteiger partial charge in [-0.2, -0.15) is 0 Å².